The molecular formula is C18H18Cl2N2O. The Morgan fingerprint density at radius 1 is 1.17 bits per heavy atom. The van der Waals surface area contributed by atoms with E-state index >= 15 is 0 Å². The van der Waals surface area contributed by atoms with Crippen LogP contribution >= 0.6 is 23.2 Å². The lowest BCUT2D eigenvalue weighted by Crippen LogP contribution is -2.43. The minimum absolute atomic E-state index is 0.0675. The summed E-state index contributed by atoms with van der Waals surface area (Å²) >= 11 is 12.1. The number of rotatable bonds is 2. The van der Waals surface area contributed by atoms with Crippen LogP contribution in [-0.4, -0.2) is 11.9 Å². The van der Waals surface area contributed by atoms with Crippen molar-refractivity contribution < 1.29 is 4.79 Å². The van der Waals surface area contributed by atoms with Gasteiger partial charge >= 0.3 is 0 Å². The standard InChI is InChI=1S/C18H18Cl2N2O/c1-11-9-17(21-13-7-8-15(19)16(20)10-13)14-5-3-4-6-18(14)22(11)12(2)23/h3-8,10-11,17,21H,9H2,1-2H3. The lowest BCUT2D eigenvalue weighted by molar-refractivity contribution is -0.117. The fourth-order valence-corrected chi connectivity index (χ4v) is 3.51. The first kappa shape index (κ1) is 16.2. The van der Waals surface area contributed by atoms with Crippen molar-refractivity contribution in [2.45, 2.75) is 32.4 Å². The molecule has 0 fully saturated rings. The van der Waals surface area contributed by atoms with Crippen LogP contribution in [0.5, 0.6) is 0 Å². The van der Waals surface area contributed by atoms with Crippen molar-refractivity contribution in [2.75, 3.05) is 10.2 Å². The van der Waals surface area contributed by atoms with Crippen LogP contribution in [0.2, 0.25) is 10.0 Å². The molecule has 2 unspecified atom stereocenters. The fraction of sp³-hybridized carbons (Fsp3) is 0.278. The van der Waals surface area contributed by atoms with Crippen molar-refractivity contribution >= 4 is 40.5 Å². The number of anilines is 2. The van der Waals surface area contributed by atoms with Gasteiger partial charge in [-0.3, -0.25) is 4.79 Å². The van der Waals surface area contributed by atoms with Crippen LogP contribution in [0.25, 0.3) is 0 Å². The van der Waals surface area contributed by atoms with E-state index in [2.05, 4.69) is 18.3 Å². The van der Waals surface area contributed by atoms with E-state index in [0.717, 1.165) is 23.4 Å². The van der Waals surface area contributed by atoms with Gasteiger partial charge in [0.1, 0.15) is 0 Å². The van der Waals surface area contributed by atoms with E-state index in [4.69, 9.17) is 23.2 Å². The average molecular weight is 349 g/mol. The predicted molar refractivity (Wildman–Crippen MR) is 96.5 cm³/mol. The molecule has 0 saturated heterocycles. The van der Waals surface area contributed by atoms with Crippen LogP contribution in [0, 0.1) is 0 Å². The molecule has 1 aliphatic heterocycles. The van der Waals surface area contributed by atoms with E-state index in [1.165, 1.54) is 0 Å². The number of para-hydroxylation sites is 1. The zero-order valence-corrected chi connectivity index (χ0v) is 14.5. The van der Waals surface area contributed by atoms with Crippen LogP contribution in [0.4, 0.5) is 11.4 Å². The second-order valence-electron chi connectivity index (χ2n) is 5.86. The number of halogens is 2. The number of hydrogen-bond acceptors (Lipinski definition) is 2. The van der Waals surface area contributed by atoms with E-state index in [-0.39, 0.29) is 18.0 Å². The van der Waals surface area contributed by atoms with E-state index in [0.29, 0.717) is 10.0 Å². The molecule has 120 valence electrons. The van der Waals surface area contributed by atoms with E-state index in [9.17, 15) is 4.79 Å². The van der Waals surface area contributed by atoms with Crippen LogP contribution in [-0.2, 0) is 4.79 Å². The van der Waals surface area contributed by atoms with Gasteiger partial charge in [-0.15, -0.1) is 0 Å². The van der Waals surface area contributed by atoms with Crippen molar-refractivity contribution in [2.24, 2.45) is 0 Å². The number of carbonyl (C=O) groups is 1. The Labute approximate surface area is 146 Å². The summed E-state index contributed by atoms with van der Waals surface area (Å²) in [6.07, 6.45) is 0.830. The minimum atomic E-state index is 0.0675. The minimum Gasteiger partial charge on any atom is -0.378 e. The van der Waals surface area contributed by atoms with Crippen molar-refractivity contribution in [3.05, 3.63) is 58.1 Å². The highest BCUT2D eigenvalue weighted by Gasteiger charge is 2.31. The quantitative estimate of drug-likeness (QED) is 0.799. The molecule has 0 aliphatic carbocycles. The summed E-state index contributed by atoms with van der Waals surface area (Å²) in [5.41, 5.74) is 3.01. The normalized spacial score (nSPS) is 20.1. The molecule has 1 aliphatic rings. The third-order valence-corrected chi connectivity index (χ3v) is 4.93. The van der Waals surface area contributed by atoms with Gasteiger partial charge in [0.2, 0.25) is 5.91 Å². The van der Waals surface area contributed by atoms with Gasteiger partial charge in [0, 0.05) is 24.3 Å². The summed E-state index contributed by atoms with van der Waals surface area (Å²) in [7, 11) is 0. The number of carbonyl (C=O) groups excluding carboxylic acids is 1. The van der Waals surface area contributed by atoms with Gasteiger partial charge < -0.3 is 10.2 Å². The maximum atomic E-state index is 12.0. The lowest BCUT2D eigenvalue weighted by atomic mass is 9.91. The molecule has 2 aromatic rings. The van der Waals surface area contributed by atoms with Crippen molar-refractivity contribution in [1.29, 1.82) is 0 Å². The van der Waals surface area contributed by atoms with Gasteiger partial charge in [0.15, 0.2) is 0 Å². The largest absolute Gasteiger partial charge is 0.378 e. The number of nitrogens with zero attached hydrogens (tertiary/aromatic N) is 1. The Morgan fingerprint density at radius 2 is 1.91 bits per heavy atom. The fourth-order valence-electron chi connectivity index (χ4n) is 3.22. The molecule has 1 N–H and O–H groups in total. The van der Waals surface area contributed by atoms with E-state index in [1.54, 1.807) is 13.0 Å². The van der Waals surface area contributed by atoms with Gasteiger partial charge in [0.25, 0.3) is 0 Å². The van der Waals surface area contributed by atoms with Crippen LogP contribution in [0.15, 0.2) is 42.5 Å². The zero-order valence-electron chi connectivity index (χ0n) is 13.0. The molecule has 0 aromatic heterocycles. The number of fused-ring (bicyclic) bond motifs is 1. The molecular weight excluding hydrogens is 331 g/mol. The monoisotopic (exact) mass is 348 g/mol. The predicted octanol–water partition coefficient (Wildman–Crippen LogP) is 5.29. The number of amides is 1. The number of benzene rings is 2. The SMILES string of the molecule is CC(=O)N1c2ccccc2C(Nc2ccc(Cl)c(Cl)c2)CC1C. The van der Waals surface area contributed by atoms with Crippen molar-refractivity contribution in [1.82, 2.24) is 0 Å². The molecule has 1 amide bonds. The summed E-state index contributed by atoms with van der Waals surface area (Å²) in [5, 5.41) is 4.58. The molecule has 0 saturated carbocycles. The summed E-state index contributed by atoms with van der Waals surface area (Å²) in [6, 6.07) is 13.8. The molecule has 5 heteroatoms. The third-order valence-electron chi connectivity index (χ3n) is 4.19. The van der Waals surface area contributed by atoms with Gasteiger partial charge in [-0.25, -0.2) is 0 Å². The smallest absolute Gasteiger partial charge is 0.224 e. The Balaban J connectivity index is 1.95. The van der Waals surface area contributed by atoms with Crippen LogP contribution in [0.1, 0.15) is 31.9 Å². The molecule has 2 atom stereocenters. The topological polar surface area (TPSA) is 32.3 Å². The molecule has 1 heterocycles. The number of hydrogen-bond donors (Lipinski definition) is 1. The average Bonchev–Trinajstić information content (AvgIpc) is 2.50. The maximum absolute atomic E-state index is 12.0. The summed E-state index contributed by atoms with van der Waals surface area (Å²) in [5.74, 6) is 0.0675. The van der Waals surface area contributed by atoms with Gasteiger partial charge in [0.05, 0.1) is 16.1 Å². The van der Waals surface area contributed by atoms with Gasteiger partial charge in [-0.05, 0) is 43.2 Å². The van der Waals surface area contributed by atoms with Crippen molar-refractivity contribution in [3.63, 3.8) is 0 Å². The third kappa shape index (κ3) is 3.17. The van der Waals surface area contributed by atoms with Crippen LogP contribution < -0.4 is 10.2 Å². The second kappa shape index (κ2) is 6.42. The van der Waals surface area contributed by atoms with Gasteiger partial charge in [-0.2, -0.15) is 0 Å². The zero-order chi connectivity index (χ0) is 16.6. The summed E-state index contributed by atoms with van der Waals surface area (Å²) in [6.45, 7) is 3.68. The highest BCUT2D eigenvalue weighted by atomic mass is 35.5. The summed E-state index contributed by atoms with van der Waals surface area (Å²) in [4.78, 5) is 13.9. The lowest BCUT2D eigenvalue weighted by Gasteiger charge is -2.39. The Hall–Kier alpha value is -1.71. The molecule has 0 spiro atoms. The molecule has 23 heavy (non-hydrogen) atoms. The molecule has 3 nitrogen and oxygen atoms in total. The first-order chi connectivity index (χ1) is 11.0. The Kier molecular flexibility index (Phi) is 4.51. The maximum Gasteiger partial charge on any atom is 0.224 e. The first-order valence-corrected chi connectivity index (χ1v) is 8.33. The second-order valence-corrected chi connectivity index (χ2v) is 6.67. The Bertz CT molecular complexity index is 748. The molecule has 2 aromatic carbocycles. The van der Waals surface area contributed by atoms with Crippen molar-refractivity contribution in [3.8, 4) is 0 Å². The van der Waals surface area contributed by atoms with Gasteiger partial charge in [-0.1, -0.05) is 41.4 Å². The number of nitrogens with one attached hydrogen (secondary N) is 1. The Morgan fingerprint density at radius 3 is 2.61 bits per heavy atom. The van der Waals surface area contributed by atoms with E-state index < -0.39 is 0 Å². The molecule has 3 rings (SSSR count). The molecule has 0 radical (unpaired) electrons. The highest BCUT2D eigenvalue weighted by molar-refractivity contribution is 6.42. The molecule has 0 bridgehead atoms. The van der Waals surface area contributed by atoms with Crippen LogP contribution in [0.3, 0.4) is 0 Å². The van der Waals surface area contributed by atoms with E-state index in [1.807, 2.05) is 35.2 Å². The first-order valence-electron chi connectivity index (χ1n) is 7.57. The highest BCUT2D eigenvalue weighted by Crippen LogP contribution is 2.39. The summed E-state index contributed by atoms with van der Waals surface area (Å²) < 4.78 is 0.